The summed E-state index contributed by atoms with van der Waals surface area (Å²) < 4.78 is 33.3. The number of carbonyl (C=O) groups is 2. The number of sulfonamides is 1. The second-order valence-electron chi connectivity index (χ2n) is 9.59. The summed E-state index contributed by atoms with van der Waals surface area (Å²) in [7, 11) is -2.45. The molecular formula is C30H36BrN3O5S. The molecule has 0 aliphatic heterocycles. The summed E-state index contributed by atoms with van der Waals surface area (Å²) in [5.41, 5.74) is 2.74. The molecule has 0 spiro atoms. The van der Waals surface area contributed by atoms with E-state index in [0.717, 1.165) is 38.1 Å². The number of halogens is 1. The maximum Gasteiger partial charge on any atom is 0.244 e. The number of nitrogens with zero attached hydrogens (tertiary/aromatic N) is 2. The highest BCUT2D eigenvalue weighted by Crippen LogP contribution is 2.31. The SMILES string of the molecule is CCCNC(=O)[C@@H](Cc1ccccc1)N(Cc1cccc(Br)c1)C(=O)CN(c1cc(C)ccc1OC)S(C)(=O)=O. The van der Waals surface area contributed by atoms with Gasteiger partial charge in [0.05, 0.1) is 19.1 Å². The Morgan fingerprint density at radius 1 is 1.00 bits per heavy atom. The van der Waals surface area contributed by atoms with Crippen molar-refractivity contribution in [3.8, 4) is 5.75 Å². The van der Waals surface area contributed by atoms with Crippen LogP contribution in [0.1, 0.15) is 30.0 Å². The van der Waals surface area contributed by atoms with Crippen LogP contribution < -0.4 is 14.4 Å². The van der Waals surface area contributed by atoms with Gasteiger partial charge in [-0.3, -0.25) is 13.9 Å². The molecule has 1 N–H and O–H groups in total. The molecule has 3 aromatic carbocycles. The zero-order valence-electron chi connectivity index (χ0n) is 23.3. The van der Waals surface area contributed by atoms with Crippen molar-refractivity contribution in [1.29, 1.82) is 0 Å². The molecule has 0 aromatic heterocycles. The molecule has 40 heavy (non-hydrogen) atoms. The number of hydrogen-bond donors (Lipinski definition) is 1. The number of carbonyl (C=O) groups excluding carboxylic acids is 2. The maximum atomic E-state index is 14.1. The van der Waals surface area contributed by atoms with Crippen LogP contribution in [-0.4, -0.2) is 57.6 Å². The first kappa shape index (κ1) is 31.2. The van der Waals surface area contributed by atoms with Crippen molar-refractivity contribution in [2.45, 2.75) is 39.3 Å². The van der Waals surface area contributed by atoms with Crippen LogP contribution in [0.15, 0.2) is 77.3 Å². The van der Waals surface area contributed by atoms with Crippen LogP contribution in [0.2, 0.25) is 0 Å². The lowest BCUT2D eigenvalue weighted by atomic mass is 10.0. The second kappa shape index (κ2) is 14.3. The number of anilines is 1. The summed E-state index contributed by atoms with van der Waals surface area (Å²) in [4.78, 5) is 29.2. The summed E-state index contributed by atoms with van der Waals surface area (Å²) in [6.07, 6.45) is 2.05. The summed E-state index contributed by atoms with van der Waals surface area (Å²) in [6.45, 7) is 3.85. The fourth-order valence-electron chi connectivity index (χ4n) is 4.34. The molecule has 0 fully saturated rings. The fourth-order valence-corrected chi connectivity index (χ4v) is 5.63. The van der Waals surface area contributed by atoms with Crippen molar-refractivity contribution < 1.29 is 22.7 Å². The average Bonchev–Trinajstić information content (AvgIpc) is 2.92. The zero-order chi connectivity index (χ0) is 29.3. The van der Waals surface area contributed by atoms with E-state index in [1.54, 1.807) is 18.2 Å². The first-order valence-electron chi connectivity index (χ1n) is 13.0. The number of ether oxygens (including phenoxy) is 1. The molecule has 0 heterocycles. The molecule has 0 saturated heterocycles. The van der Waals surface area contributed by atoms with Gasteiger partial charge in [-0.15, -0.1) is 0 Å². The van der Waals surface area contributed by atoms with Gasteiger partial charge in [-0.25, -0.2) is 8.42 Å². The lowest BCUT2D eigenvalue weighted by molar-refractivity contribution is -0.140. The molecule has 214 valence electrons. The highest BCUT2D eigenvalue weighted by molar-refractivity contribution is 9.10. The van der Waals surface area contributed by atoms with Crippen molar-refractivity contribution in [2.75, 3.05) is 30.8 Å². The first-order valence-corrected chi connectivity index (χ1v) is 15.7. The Labute approximate surface area is 245 Å². The van der Waals surface area contributed by atoms with Gasteiger partial charge in [-0.2, -0.15) is 0 Å². The Hall–Kier alpha value is -3.37. The number of nitrogens with one attached hydrogen (secondary N) is 1. The van der Waals surface area contributed by atoms with Gasteiger partial charge in [-0.05, 0) is 54.3 Å². The van der Waals surface area contributed by atoms with Crippen molar-refractivity contribution in [3.05, 3.63) is 94.0 Å². The predicted octanol–water partition coefficient (Wildman–Crippen LogP) is 4.70. The van der Waals surface area contributed by atoms with Crippen LogP contribution in [0.4, 0.5) is 5.69 Å². The van der Waals surface area contributed by atoms with Crippen LogP contribution in [0.5, 0.6) is 5.75 Å². The molecule has 0 saturated carbocycles. The number of methoxy groups -OCH3 is 1. The predicted molar refractivity (Wildman–Crippen MR) is 162 cm³/mol. The van der Waals surface area contributed by atoms with E-state index >= 15 is 0 Å². The molecule has 8 nitrogen and oxygen atoms in total. The molecule has 2 amide bonds. The second-order valence-corrected chi connectivity index (χ2v) is 12.4. The zero-order valence-corrected chi connectivity index (χ0v) is 25.7. The quantitative estimate of drug-likeness (QED) is 0.296. The minimum absolute atomic E-state index is 0.109. The largest absolute Gasteiger partial charge is 0.495 e. The van der Waals surface area contributed by atoms with Gasteiger partial charge in [0.1, 0.15) is 18.3 Å². The van der Waals surface area contributed by atoms with Crippen LogP contribution >= 0.6 is 15.9 Å². The Morgan fingerprint density at radius 2 is 1.70 bits per heavy atom. The van der Waals surface area contributed by atoms with E-state index in [1.165, 1.54) is 12.0 Å². The van der Waals surface area contributed by atoms with Crippen LogP contribution in [0, 0.1) is 6.92 Å². The molecule has 3 aromatic rings. The number of hydrogen-bond acceptors (Lipinski definition) is 5. The van der Waals surface area contributed by atoms with Gasteiger partial charge in [0, 0.05) is 24.0 Å². The Kier molecular flexibility index (Phi) is 11.2. The van der Waals surface area contributed by atoms with Crippen molar-refractivity contribution in [1.82, 2.24) is 10.2 Å². The molecule has 0 unspecified atom stereocenters. The number of amides is 2. The number of aryl methyl sites for hydroxylation is 1. The first-order chi connectivity index (χ1) is 19.0. The van der Waals surface area contributed by atoms with Gasteiger partial charge in [0.15, 0.2) is 0 Å². The van der Waals surface area contributed by atoms with Crippen molar-refractivity contribution in [2.24, 2.45) is 0 Å². The van der Waals surface area contributed by atoms with E-state index in [0.29, 0.717) is 12.3 Å². The molecule has 0 aliphatic carbocycles. The van der Waals surface area contributed by atoms with Crippen LogP contribution in [0.3, 0.4) is 0 Å². The van der Waals surface area contributed by atoms with Crippen molar-refractivity contribution >= 4 is 43.5 Å². The van der Waals surface area contributed by atoms with Gasteiger partial charge in [-0.1, -0.05) is 71.4 Å². The minimum Gasteiger partial charge on any atom is -0.495 e. The number of benzene rings is 3. The molecule has 0 radical (unpaired) electrons. The molecular weight excluding hydrogens is 594 g/mol. The Morgan fingerprint density at radius 3 is 2.33 bits per heavy atom. The third-order valence-electron chi connectivity index (χ3n) is 6.34. The van der Waals surface area contributed by atoms with Crippen LogP contribution in [-0.2, 0) is 32.6 Å². The lowest BCUT2D eigenvalue weighted by Crippen LogP contribution is -2.53. The third-order valence-corrected chi connectivity index (χ3v) is 7.96. The molecule has 1 atom stereocenters. The third kappa shape index (κ3) is 8.56. The fraction of sp³-hybridized carbons (Fsp3) is 0.333. The Bertz CT molecular complexity index is 1420. The van der Waals surface area contributed by atoms with Crippen LogP contribution in [0.25, 0.3) is 0 Å². The van der Waals surface area contributed by atoms with Gasteiger partial charge in [0.2, 0.25) is 21.8 Å². The number of rotatable bonds is 13. The summed E-state index contributed by atoms with van der Waals surface area (Å²) in [6, 6.07) is 21.2. The Balaban J connectivity index is 2.08. The minimum atomic E-state index is -3.90. The van der Waals surface area contributed by atoms with E-state index in [4.69, 9.17) is 4.74 Å². The van der Waals surface area contributed by atoms with E-state index in [-0.39, 0.29) is 24.6 Å². The maximum absolute atomic E-state index is 14.1. The molecule has 0 aliphatic rings. The normalized spacial score (nSPS) is 11.9. The summed E-state index contributed by atoms with van der Waals surface area (Å²) in [5.74, 6) is -0.487. The lowest BCUT2D eigenvalue weighted by Gasteiger charge is -2.33. The van der Waals surface area contributed by atoms with E-state index < -0.39 is 28.5 Å². The molecule has 3 rings (SSSR count). The molecule has 0 bridgehead atoms. The van der Waals surface area contributed by atoms with E-state index in [9.17, 15) is 18.0 Å². The van der Waals surface area contributed by atoms with Gasteiger partial charge >= 0.3 is 0 Å². The molecule has 10 heteroatoms. The monoisotopic (exact) mass is 629 g/mol. The van der Waals surface area contributed by atoms with Gasteiger partial charge in [0.25, 0.3) is 0 Å². The highest BCUT2D eigenvalue weighted by atomic mass is 79.9. The smallest absolute Gasteiger partial charge is 0.244 e. The summed E-state index contributed by atoms with van der Waals surface area (Å²) >= 11 is 3.48. The highest BCUT2D eigenvalue weighted by Gasteiger charge is 2.33. The average molecular weight is 631 g/mol. The van der Waals surface area contributed by atoms with E-state index in [1.807, 2.05) is 68.4 Å². The summed E-state index contributed by atoms with van der Waals surface area (Å²) in [5, 5.41) is 2.93. The van der Waals surface area contributed by atoms with Gasteiger partial charge < -0.3 is 15.0 Å². The topological polar surface area (TPSA) is 96.0 Å². The van der Waals surface area contributed by atoms with E-state index in [2.05, 4.69) is 21.2 Å². The standard InChI is InChI=1S/C30H36BrN3O5S/c1-5-16-32-30(36)27(19-23-10-7-6-8-11-23)33(20-24-12-9-13-25(31)18-24)29(35)21-34(40(4,37)38)26-17-22(2)14-15-28(26)39-3/h6-15,17-18,27H,5,16,19-21H2,1-4H3,(H,32,36)/t27-/m1/s1. The van der Waals surface area contributed by atoms with Crippen molar-refractivity contribution in [3.63, 3.8) is 0 Å².